The van der Waals surface area contributed by atoms with E-state index in [4.69, 9.17) is 11.6 Å². The van der Waals surface area contributed by atoms with Crippen molar-refractivity contribution in [1.29, 1.82) is 0 Å². The van der Waals surface area contributed by atoms with Crippen molar-refractivity contribution in [1.82, 2.24) is 10.2 Å². The summed E-state index contributed by atoms with van der Waals surface area (Å²) in [4.78, 5) is 28.0. The number of hydrogen-bond acceptors (Lipinski definition) is 4. The Labute approximate surface area is 224 Å². The Balaban J connectivity index is 2.03. The van der Waals surface area contributed by atoms with Crippen LogP contribution in [-0.2, 0) is 26.2 Å². The fourth-order valence-corrected chi connectivity index (χ4v) is 5.49. The second-order valence-corrected chi connectivity index (χ2v) is 11.2. The predicted molar refractivity (Wildman–Crippen MR) is 147 cm³/mol. The summed E-state index contributed by atoms with van der Waals surface area (Å²) in [6, 6.07) is 19.6. The van der Waals surface area contributed by atoms with Gasteiger partial charge >= 0.3 is 0 Å². The molecule has 0 radical (unpaired) electrons. The third-order valence-corrected chi connectivity index (χ3v) is 7.96. The summed E-state index contributed by atoms with van der Waals surface area (Å²) in [6.07, 6.45) is 0. The highest BCUT2D eigenvalue weighted by Crippen LogP contribution is 2.26. The lowest BCUT2D eigenvalue weighted by Crippen LogP contribution is -2.51. The molecular formula is C28H32ClN3O4S. The molecule has 3 aromatic rings. The van der Waals surface area contributed by atoms with Crippen molar-refractivity contribution in [3.05, 3.63) is 94.5 Å². The zero-order chi connectivity index (χ0) is 27.2. The Hall–Kier alpha value is -3.36. The minimum Gasteiger partial charge on any atom is -0.355 e. The molecule has 0 aromatic heterocycles. The number of nitrogens with zero attached hydrogens (tertiary/aromatic N) is 2. The molecule has 0 heterocycles. The number of carbonyl (C=O) groups is 2. The molecule has 3 aromatic carbocycles. The molecule has 0 saturated carbocycles. The molecule has 1 atom stereocenters. The molecule has 0 fully saturated rings. The van der Waals surface area contributed by atoms with Crippen molar-refractivity contribution in [3.63, 3.8) is 0 Å². The quantitative estimate of drug-likeness (QED) is 0.403. The number of benzene rings is 3. The monoisotopic (exact) mass is 541 g/mol. The van der Waals surface area contributed by atoms with Crippen LogP contribution in [-0.4, -0.2) is 44.3 Å². The predicted octanol–water partition coefficient (Wildman–Crippen LogP) is 4.71. The molecule has 196 valence electrons. The van der Waals surface area contributed by atoms with Gasteiger partial charge in [-0.3, -0.25) is 13.9 Å². The summed E-state index contributed by atoms with van der Waals surface area (Å²) >= 11 is 5.98. The third kappa shape index (κ3) is 7.11. The Morgan fingerprint density at radius 1 is 0.946 bits per heavy atom. The topological polar surface area (TPSA) is 86.8 Å². The molecule has 1 unspecified atom stereocenters. The maximum absolute atomic E-state index is 13.8. The molecule has 0 spiro atoms. The van der Waals surface area contributed by atoms with Gasteiger partial charge in [0.2, 0.25) is 11.8 Å². The molecule has 0 saturated heterocycles. The van der Waals surface area contributed by atoms with E-state index in [-0.39, 0.29) is 17.3 Å². The van der Waals surface area contributed by atoms with E-state index in [9.17, 15) is 18.0 Å². The fraction of sp³-hybridized carbons (Fsp3) is 0.286. The highest BCUT2D eigenvalue weighted by Gasteiger charge is 2.32. The first-order valence-corrected chi connectivity index (χ1v) is 13.8. The lowest BCUT2D eigenvalue weighted by atomic mass is 10.1. The molecular weight excluding hydrogens is 510 g/mol. The van der Waals surface area contributed by atoms with E-state index in [1.807, 2.05) is 44.2 Å². The zero-order valence-electron chi connectivity index (χ0n) is 21.4. The van der Waals surface area contributed by atoms with Crippen molar-refractivity contribution >= 4 is 39.1 Å². The Morgan fingerprint density at radius 2 is 1.57 bits per heavy atom. The van der Waals surface area contributed by atoms with Gasteiger partial charge in [-0.05, 0) is 75.2 Å². The number of amides is 2. The normalized spacial score (nSPS) is 12.0. The fourth-order valence-electron chi connectivity index (χ4n) is 3.96. The summed E-state index contributed by atoms with van der Waals surface area (Å²) in [5.41, 5.74) is 3.05. The first kappa shape index (κ1) is 28.2. The van der Waals surface area contributed by atoms with Gasteiger partial charge in [0.25, 0.3) is 10.0 Å². The van der Waals surface area contributed by atoms with Gasteiger partial charge in [0, 0.05) is 18.1 Å². The number of halogens is 1. The Bertz CT molecular complexity index is 1360. The molecule has 0 aliphatic carbocycles. The number of carbonyl (C=O) groups excluding carboxylic acids is 2. The number of aryl methyl sites for hydroxylation is 2. The van der Waals surface area contributed by atoms with Crippen molar-refractivity contribution < 1.29 is 18.0 Å². The number of hydrogen-bond donors (Lipinski definition) is 1. The number of likely N-dealkylation sites (N-methyl/N-ethyl adjacent to an activating group) is 1. The average Bonchev–Trinajstić information content (AvgIpc) is 2.85. The standard InChI is InChI=1S/C28H32ClN3O4S/c1-5-30-28(34)22(4)31(18-23-10-6-8-20(2)16-23)27(33)19-32(25-11-7-9-21(3)17-25)37(35,36)26-14-12-24(29)13-15-26/h6-17,22H,5,18-19H2,1-4H3,(H,30,34). The molecule has 7 nitrogen and oxygen atoms in total. The van der Waals surface area contributed by atoms with Gasteiger partial charge in [0.1, 0.15) is 12.6 Å². The van der Waals surface area contributed by atoms with E-state index in [0.29, 0.717) is 17.3 Å². The molecule has 2 amide bonds. The maximum atomic E-state index is 13.8. The zero-order valence-corrected chi connectivity index (χ0v) is 23.0. The van der Waals surface area contributed by atoms with E-state index < -0.39 is 28.5 Å². The molecule has 0 aliphatic rings. The van der Waals surface area contributed by atoms with Crippen LogP contribution < -0.4 is 9.62 Å². The summed E-state index contributed by atoms with van der Waals surface area (Å²) in [7, 11) is -4.13. The van der Waals surface area contributed by atoms with Crippen LogP contribution >= 0.6 is 11.6 Å². The lowest BCUT2D eigenvalue weighted by Gasteiger charge is -2.32. The van der Waals surface area contributed by atoms with Crippen LogP contribution in [0.15, 0.2) is 77.7 Å². The van der Waals surface area contributed by atoms with Crippen LogP contribution in [0.1, 0.15) is 30.5 Å². The number of sulfonamides is 1. The highest BCUT2D eigenvalue weighted by atomic mass is 35.5. The van der Waals surface area contributed by atoms with Gasteiger partial charge in [0.15, 0.2) is 0 Å². The van der Waals surface area contributed by atoms with E-state index in [1.54, 1.807) is 32.0 Å². The number of nitrogens with one attached hydrogen (secondary N) is 1. The van der Waals surface area contributed by atoms with E-state index in [1.165, 1.54) is 29.2 Å². The summed E-state index contributed by atoms with van der Waals surface area (Å²) in [5.74, 6) is -0.814. The smallest absolute Gasteiger partial charge is 0.264 e. The van der Waals surface area contributed by atoms with Crippen LogP contribution in [0.4, 0.5) is 5.69 Å². The van der Waals surface area contributed by atoms with Gasteiger partial charge < -0.3 is 10.2 Å². The van der Waals surface area contributed by atoms with Crippen molar-refractivity contribution in [3.8, 4) is 0 Å². The second-order valence-electron chi connectivity index (χ2n) is 8.89. The molecule has 0 aliphatic heterocycles. The largest absolute Gasteiger partial charge is 0.355 e. The van der Waals surface area contributed by atoms with Gasteiger partial charge in [-0.15, -0.1) is 0 Å². The first-order chi connectivity index (χ1) is 17.5. The molecule has 9 heteroatoms. The van der Waals surface area contributed by atoms with Gasteiger partial charge in [-0.2, -0.15) is 0 Å². The van der Waals surface area contributed by atoms with Gasteiger partial charge in [0.05, 0.1) is 10.6 Å². The molecule has 37 heavy (non-hydrogen) atoms. The minimum absolute atomic E-state index is 0.00761. The van der Waals surface area contributed by atoms with Gasteiger partial charge in [-0.25, -0.2) is 8.42 Å². The lowest BCUT2D eigenvalue weighted by molar-refractivity contribution is -0.139. The van der Waals surface area contributed by atoms with Crippen LogP contribution in [0, 0.1) is 13.8 Å². The van der Waals surface area contributed by atoms with Crippen molar-refractivity contribution in [2.45, 2.75) is 45.2 Å². The maximum Gasteiger partial charge on any atom is 0.264 e. The van der Waals surface area contributed by atoms with E-state index in [0.717, 1.165) is 21.0 Å². The SMILES string of the molecule is CCNC(=O)C(C)N(Cc1cccc(C)c1)C(=O)CN(c1cccc(C)c1)S(=O)(=O)c1ccc(Cl)cc1. The van der Waals surface area contributed by atoms with Crippen LogP contribution in [0.5, 0.6) is 0 Å². The second kappa shape index (κ2) is 12.3. The van der Waals surface area contributed by atoms with Crippen LogP contribution in [0.2, 0.25) is 5.02 Å². The number of anilines is 1. The Kier molecular flexibility index (Phi) is 9.34. The summed E-state index contributed by atoms with van der Waals surface area (Å²) < 4.78 is 28.6. The van der Waals surface area contributed by atoms with Gasteiger partial charge in [-0.1, -0.05) is 53.6 Å². The molecule has 1 N–H and O–H groups in total. The van der Waals surface area contributed by atoms with Crippen molar-refractivity contribution in [2.75, 3.05) is 17.4 Å². The number of rotatable bonds is 10. The van der Waals surface area contributed by atoms with E-state index in [2.05, 4.69) is 5.32 Å². The van der Waals surface area contributed by atoms with Crippen LogP contribution in [0.3, 0.4) is 0 Å². The molecule has 0 bridgehead atoms. The minimum atomic E-state index is -4.13. The summed E-state index contributed by atoms with van der Waals surface area (Å²) in [5, 5.41) is 3.15. The van der Waals surface area contributed by atoms with Crippen LogP contribution in [0.25, 0.3) is 0 Å². The summed E-state index contributed by atoms with van der Waals surface area (Å²) in [6.45, 7) is 7.32. The van der Waals surface area contributed by atoms with E-state index >= 15 is 0 Å². The third-order valence-electron chi connectivity index (χ3n) is 5.92. The average molecular weight is 542 g/mol. The Morgan fingerprint density at radius 3 is 2.16 bits per heavy atom. The molecule has 3 rings (SSSR count). The first-order valence-electron chi connectivity index (χ1n) is 12.0. The highest BCUT2D eigenvalue weighted by molar-refractivity contribution is 7.92. The van der Waals surface area contributed by atoms with Crippen molar-refractivity contribution in [2.24, 2.45) is 0 Å².